The van der Waals surface area contributed by atoms with E-state index in [1.807, 2.05) is 49.4 Å². The molecule has 0 aliphatic carbocycles. The molecule has 4 nitrogen and oxygen atoms in total. The SMILES string of the molecule is C/C(CC(C)C)=N/NC(=O)c1ccccc1OCc1ccccc1. The number of hydrogen-bond donors (Lipinski definition) is 1. The molecule has 0 radical (unpaired) electrons. The van der Waals surface area contributed by atoms with Crippen molar-refractivity contribution in [3.05, 3.63) is 65.7 Å². The average Bonchev–Trinajstić information content (AvgIpc) is 2.58. The predicted octanol–water partition coefficient (Wildman–Crippen LogP) is 4.42. The molecule has 126 valence electrons. The number of hydrogen-bond acceptors (Lipinski definition) is 3. The molecule has 2 rings (SSSR count). The first-order valence-corrected chi connectivity index (χ1v) is 8.15. The lowest BCUT2D eigenvalue weighted by atomic mass is 10.1. The molecular formula is C20H24N2O2. The number of amides is 1. The number of carbonyl (C=O) groups is 1. The van der Waals surface area contributed by atoms with Crippen LogP contribution in [0.15, 0.2) is 59.7 Å². The Morgan fingerprint density at radius 3 is 2.46 bits per heavy atom. The van der Waals surface area contributed by atoms with Gasteiger partial charge in [-0.3, -0.25) is 4.79 Å². The number of benzene rings is 2. The minimum Gasteiger partial charge on any atom is -0.488 e. The summed E-state index contributed by atoms with van der Waals surface area (Å²) in [6.45, 7) is 6.57. The highest BCUT2D eigenvalue weighted by Gasteiger charge is 2.12. The van der Waals surface area contributed by atoms with Gasteiger partial charge in [-0.25, -0.2) is 5.43 Å². The van der Waals surface area contributed by atoms with Gasteiger partial charge < -0.3 is 4.74 Å². The monoisotopic (exact) mass is 324 g/mol. The third-order valence-electron chi connectivity index (χ3n) is 3.42. The second kappa shape index (κ2) is 8.87. The van der Waals surface area contributed by atoms with Gasteiger partial charge in [0.05, 0.1) is 5.56 Å². The second-order valence-electron chi connectivity index (χ2n) is 6.16. The van der Waals surface area contributed by atoms with Crippen molar-refractivity contribution in [3.8, 4) is 5.75 Å². The Kier molecular flexibility index (Phi) is 6.55. The van der Waals surface area contributed by atoms with Crippen molar-refractivity contribution >= 4 is 11.6 Å². The number of para-hydroxylation sites is 1. The minimum absolute atomic E-state index is 0.262. The Morgan fingerprint density at radius 2 is 1.75 bits per heavy atom. The van der Waals surface area contributed by atoms with Crippen molar-refractivity contribution in [2.45, 2.75) is 33.8 Å². The fourth-order valence-electron chi connectivity index (χ4n) is 2.36. The van der Waals surface area contributed by atoms with Crippen LogP contribution in [0.3, 0.4) is 0 Å². The van der Waals surface area contributed by atoms with Crippen molar-refractivity contribution in [2.75, 3.05) is 0 Å². The molecule has 0 atom stereocenters. The lowest BCUT2D eigenvalue weighted by Crippen LogP contribution is -2.20. The van der Waals surface area contributed by atoms with Crippen LogP contribution >= 0.6 is 0 Å². The molecule has 0 unspecified atom stereocenters. The van der Waals surface area contributed by atoms with Gasteiger partial charge in [-0.2, -0.15) is 5.10 Å². The molecule has 0 fully saturated rings. The highest BCUT2D eigenvalue weighted by atomic mass is 16.5. The Balaban J connectivity index is 2.03. The van der Waals surface area contributed by atoms with E-state index in [2.05, 4.69) is 24.4 Å². The van der Waals surface area contributed by atoms with Crippen LogP contribution < -0.4 is 10.2 Å². The lowest BCUT2D eigenvalue weighted by Gasteiger charge is -2.11. The minimum atomic E-state index is -0.262. The molecule has 0 saturated heterocycles. The Morgan fingerprint density at radius 1 is 1.08 bits per heavy atom. The summed E-state index contributed by atoms with van der Waals surface area (Å²) < 4.78 is 5.81. The van der Waals surface area contributed by atoms with Gasteiger partial charge in [0.15, 0.2) is 0 Å². The molecule has 1 amide bonds. The van der Waals surface area contributed by atoms with Gasteiger partial charge in [0.25, 0.3) is 5.91 Å². The molecule has 0 spiro atoms. The number of hydrazone groups is 1. The zero-order valence-electron chi connectivity index (χ0n) is 14.5. The molecular weight excluding hydrogens is 300 g/mol. The summed E-state index contributed by atoms with van der Waals surface area (Å²) in [7, 11) is 0. The van der Waals surface area contributed by atoms with E-state index < -0.39 is 0 Å². The summed E-state index contributed by atoms with van der Waals surface area (Å²) in [6.07, 6.45) is 0.854. The fraction of sp³-hybridized carbons (Fsp3) is 0.300. The molecule has 4 heteroatoms. The Labute approximate surface area is 143 Å². The van der Waals surface area contributed by atoms with Gasteiger partial charge in [-0.1, -0.05) is 56.3 Å². The molecule has 24 heavy (non-hydrogen) atoms. The standard InChI is InChI=1S/C20H24N2O2/c1-15(2)13-16(3)21-22-20(23)18-11-7-8-12-19(18)24-14-17-9-5-4-6-10-17/h4-12,15H,13-14H2,1-3H3,(H,22,23)/b21-16-. The number of ether oxygens (including phenoxy) is 1. The Bertz CT molecular complexity index is 694. The van der Waals surface area contributed by atoms with Crippen LogP contribution in [-0.4, -0.2) is 11.6 Å². The number of rotatable bonds is 7. The van der Waals surface area contributed by atoms with Gasteiger partial charge in [0.1, 0.15) is 12.4 Å². The molecule has 0 aliphatic heterocycles. The summed E-state index contributed by atoms with van der Waals surface area (Å²) in [5.74, 6) is 0.796. The van der Waals surface area contributed by atoms with Gasteiger partial charge in [0.2, 0.25) is 0 Å². The van der Waals surface area contributed by atoms with Crippen molar-refractivity contribution in [1.29, 1.82) is 0 Å². The van der Waals surface area contributed by atoms with Gasteiger partial charge in [-0.05, 0) is 37.0 Å². The average molecular weight is 324 g/mol. The topological polar surface area (TPSA) is 50.7 Å². The zero-order valence-corrected chi connectivity index (χ0v) is 14.5. The first-order chi connectivity index (χ1) is 11.6. The molecule has 2 aromatic carbocycles. The third-order valence-corrected chi connectivity index (χ3v) is 3.42. The number of nitrogens with one attached hydrogen (secondary N) is 1. The third kappa shape index (κ3) is 5.54. The van der Waals surface area contributed by atoms with E-state index in [-0.39, 0.29) is 5.91 Å². The Hall–Kier alpha value is -2.62. The summed E-state index contributed by atoms with van der Waals surface area (Å²) in [6, 6.07) is 17.1. The van der Waals surface area contributed by atoms with Crippen LogP contribution in [0.25, 0.3) is 0 Å². The summed E-state index contributed by atoms with van der Waals surface area (Å²) in [5.41, 5.74) is 5.05. The second-order valence-corrected chi connectivity index (χ2v) is 6.16. The molecule has 0 heterocycles. The van der Waals surface area contributed by atoms with E-state index in [1.54, 1.807) is 12.1 Å². The summed E-state index contributed by atoms with van der Waals surface area (Å²) >= 11 is 0. The van der Waals surface area contributed by atoms with Crippen LogP contribution in [0.2, 0.25) is 0 Å². The normalized spacial score (nSPS) is 11.4. The first-order valence-electron chi connectivity index (χ1n) is 8.15. The zero-order chi connectivity index (χ0) is 17.4. The smallest absolute Gasteiger partial charge is 0.275 e. The molecule has 0 aromatic heterocycles. The lowest BCUT2D eigenvalue weighted by molar-refractivity contribution is 0.0950. The highest BCUT2D eigenvalue weighted by Crippen LogP contribution is 2.19. The van der Waals surface area contributed by atoms with E-state index in [1.165, 1.54) is 0 Å². The molecule has 0 aliphatic rings. The predicted molar refractivity (Wildman–Crippen MR) is 97.2 cm³/mol. The van der Waals surface area contributed by atoms with Crippen LogP contribution in [0.1, 0.15) is 43.1 Å². The van der Waals surface area contributed by atoms with Crippen LogP contribution in [0.5, 0.6) is 5.75 Å². The summed E-state index contributed by atoms with van der Waals surface area (Å²) in [5, 5.41) is 4.16. The summed E-state index contributed by atoms with van der Waals surface area (Å²) in [4.78, 5) is 12.4. The quantitative estimate of drug-likeness (QED) is 0.605. The maximum atomic E-state index is 12.4. The molecule has 2 aromatic rings. The van der Waals surface area contributed by atoms with Crippen LogP contribution in [0, 0.1) is 5.92 Å². The van der Waals surface area contributed by atoms with Gasteiger partial charge in [-0.15, -0.1) is 0 Å². The van der Waals surface area contributed by atoms with E-state index in [9.17, 15) is 4.79 Å². The van der Waals surface area contributed by atoms with Crippen LogP contribution in [0.4, 0.5) is 0 Å². The molecule has 0 saturated carbocycles. The van der Waals surface area contributed by atoms with Crippen LogP contribution in [-0.2, 0) is 6.61 Å². The first kappa shape index (κ1) is 17.7. The van der Waals surface area contributed by atoms with Gasteiger partial charge in [0, 0.05) is 5.71 Å². The van der Waals surface area contributed by atoms with Crippen molar-refractivity contribution in [1.82, 2.24) is 5.43 Å². The largest absolute Gasteiger partial charge is 0.488 e. The molecule has 0 bridgehead atoms. The van der Waals surface area contributed by atoms with E-state index in [0.717, 1.165) is 17.7 Å². The van der Waals surface area contributed by atoms with Gasteiger partial charge >= 0.3 is 0 Å². The number of nitrogens with zero attached hydrogens (tertiary/aromatic N) is 1. The van der Waals surface area contributed by atoms with E-state index in [4.69, 9.17) is 4.74 Å². The van der Waals surface area contributed by atoms with Crippen molar-refractivity contribution in [2.24, 2.45) is 11.0 Å². The maximum Gasteiger partial charge on any atom is 0.275 e. The fourth-order valence-corrected chi connectivity index (χ4v) is 2.36. The van der Waals surface area contributed by atoms with E-state index in [0.29, 0.717) is 23.8 Å². The van der Waals surface area contributed by atoms with Crippen molar-refractivity contribution in [3.63, 3.8) is 0 Å². The van der Waals surface area contributed by atoms with Crippen molar-refractivity contribution < 1.29 is 9.53 Å². The highest BCUT2D eigenvalue weighted by molar-refractivity contribution is 5.97. The maximum absolute atomic E-state index is 12.4. The number of carbonyl (C=O) groups excluding carboxylic acids is 1. The molecule has 1 N–H and O–H groups in total. The van der Waals surface area contributed by atoms with E-state index >= 15 is 0 Å².